The number of carbonyl (C=O) groups excluding carboxylic acids is 1. The summed E-state index contributed by atoms with van der Waals surface area (Å²) < 4.78 is 29.6. The first kappa shape index (κ1) is 13.0. The van der Waals surface area contributed by atoms with Gasteiger partial charge in [0, 0.05) is 18.1 Å². The lowest BCUT2D eigenvalue weighted by atomic mass is 10.3. The van der Waals surface area contributed by atoms with Crippen LogP contribution in [0.5, 0.6) is 5.75 Å². The van der Waals surface area contributed by atoms with Gasteiger partial charge in [-0.3, -0.25) is 9.48 Å². The Morgan fingerprint density at radius 2 is 2.11 bits per heavy atom. The van der Waals surface area contributed by atoms with Crippen molar-refractivity contribution in [3.63, 3.8) is 0 Å². The molecule has 19 heavy (non-hydrogen) atoms. The van der Waals surface area contributed by atoms with Gasteiger partial charge in [0.05, 0.1) is 0 Å². The molecule has 2 aromatic rings. The van der Waals surface area contributed by atoms with Crippen molar-refractivity contribution in [3.8, 4) is 5.75 Å². The summed E-state index contributed by atoms with van der Waals surface area (Å²) in [7, 11) is 0. The molecule has 1 N–H and O–H groups in total. The topological polar surface area (TPSA) is 56.2 Å². The third-order valence-electron chi connectivity index (χ3n) is 2.23. The van der Waals surface area contributed by atoms with Crippen molar-refractivity contribution in [2.75, 3.05) is 5.32 Å². The molecule has 0 aliphatic heterocycles. The van der Waals surface area contributed by atoms with E-state index in [-0.39, 0.29) is 18.2 Å². The number of hydrogen-bond acceptors (Lipinski definition) is 3. The summed E-state index contributed by atoms with van der Waals surface area (Å²) in [5.74, 6) is -0.216. The van der Waals surface area contributed by atoms with Gasteiger partial charge < -0.3 is 10.1 Å². The van der Waals surface area contributed by atoms with E-state index < -0.39 is 6.61 Å². The van der Waals surface area contributed by atoms with Gasteiger partial charge in [0.1, 0.15) is 12.3 Å². The summed E-state index contributed by atoms with van der Waals surface area (Å²) in [6.45, 7) is -2.78. The van der Waals surface area contributed by atoms with Crippen molar-refractivity contribution in [1.82, 2.24) is 9.78 Å². The maximum absolute atomic E-state index is 11.9. The molecule has 0 radical (unpaired) electrons. The number of benzene rings is 1. The average molecular weight is 267 g/mol. The fourth-order valence-electron chi connectivity index (χ4n) is 1.46. The van der Waals surface area contributed by atoms with Crippen LogP contribution in [0.25, 0.3) is 0 Å². The van der Waals surface area contributed by atoms with Crippen LogP contribution in [0.15, 0.2) is 42.7 Å². The normalized spacial score (nSPS) is 10.5. The molecule has 0 unspecified atom stereocenters. The number of hydrogen-bond donors (Lipinski definition) is 1. The first-order chi connectivity index (χ1) is 9.13. The Hall–Kier alpha value is -2.44. The number of anilines is 1. The number of halogens is 2. The van der Waals surface area contributed by atoms with Crippen molar-refractivity contribution in [2.24, 2.45) is 0 Å². The highest BCUT2D eigenvalue weighted by atomic mass is 19.3. The van der Waals surface area contributed by atoms with Crippen molar-refractivity contribution < 1.29 is 18.3 Å². The second kappa shape index (κ2) is 5.94. The molecule has 0 saturated carbocycles. The van der Waals surface area contributed by atoms with Gasteiger partial charge in [0.2, 0.25) is 5.91 Å². The van der Waals surface area contributed by atoms with Gasteiger partial charge in [-0.1, -0.05) is 0 Å². The van der Waals surface area contributed by atoms with Gasteiger partial charge in [-0.25, -0.2) is 0 Å². The van der Waals surface area contributed by atoms with Crippen LogP contribution in [0.3, 0.4) is 0 Å². The van der Waals surface area contributed by atoms with Crippen molar-refractivity contribution in [1.29, 1.82) is 0 Å². The highest BCUT2D eigenvalue weighted by molar-refractivity contribution is 5.90. The highest BCUT2D eigenvalue weighted by Crippen LogP contribution is 2.17. The van der Waals surface area contributed by atoms with Gasteiger partial charge in [-0.2, -0.15) is 13.9 Å². The molecule has 0 aliphatic carbocycles. The van der Waals surface area contributed by atoms with Crippen molar-refractivity contribution in [2.45, 2.75) is 13.2 Å². The third-order valence-corrected chi connectivity index (χ3v) is 2.23. The molecule has 1 amide bonds. The molecule has 0 aliphatic rings. The molecule has 0 bridgehead atoms. The second-order valence-electron chi connectivity index (χ2n) is 3.65. The molecular weight excluding hydrogens is 256 g/mol. The largest absolute Gasteiger partial charge is 0.435 e. The Labute approximate surface area is 107 Å². The van der Waals surface area contributed by atoms with E-state index in [0.29, 0.717) is 5.69 Å². The number of rotatable bonds is 5. The summed E-state index contributed by atoms with van der Waals surface area (Å²) in [6.07, 6.45) is 3.24. The predicted molar refractivity (Wildman–Crippen MR) is 63.9 cm³/mol. The first-order valence-corrected chi connectivity index (χ1v) is 5.45. The fourth-order valence-corrected chi connectivity index (χ4v) is 1.46. The first-order valence-electron chi connectivity index (χ1n) is 5.45. The quantitative estimate of drug-likeness (QED) is 0.902. The maximum Gasteiger partial charge on any atom is 0.387 e. The zero-order valence-electron chi connectivity index (χ0n) is 9.79. The number of nitrogens with zero attached hydrogens (tertiary/aromatic N) is 2. The number of amides is 1. The molecule has 0 spiro atoms. The molecule has 1 aromatic carbocycles. The number of carbonyl (C=O) groups is 1. The Morgan fingerprint density at radius 3 is 2.68 bits per heavy atom. The van der Waals surface area contributed by atoms with Crippen LogP contribution in [0.2, 0.25) is 0 Å². The summed E-state index contributed by atoms with van der Waals surface area (Å²) in [5, 5.41) is 6.52. The van der Waals surface area contributed by atoms with Gasteiger partial charge >= 0.3 is 6.61 Å². The van der Waals surface area contributed by atoms with E-state index in [1.807, 2.05) is 0 Å². The lowest BCUT2D eigenvalue weighted by molar-refractivity contribution is -0.116. The molecule has 1 heterocycles. The lowest BCUT2D eigenvalue weighted by Gasteiger charge is -2.07. The SMILES string of the molecule is O=C(Cn1cccn1)Nc1ccc(OC(F)F)cc1. The van der Waals surface area contributed by atoms with Crippen LogP contribution < -0.4 is 10.1 Å². The van der Waals surface area contributed by atoms with Crippen LogP contribution in [0, 0.1) is 0 Å². The van der Waals surface area contributed by atoms with Crippen molar-refractivity contribution in [3.05, 3.63) is 42.7 Å². The van der Waals surface area contributed by atoms with E-state index in [1.165, 1.54) is 28.9 Å². The monoisotopic (exact) mass is 267 g/mol. The second-order valence-corrected chi connectivity index (χ2v) is 3.65. The van der Waals surface area contributed by atoms with E-state index in [2.05, 4.69) is 15.2 Å². The summed E-state index contributed by atoms with van der Waals surface area (Å²) in [4.78, 5) is 11.6. The van der Waals surface area contributed by atoms with E-state index >= 15 is 0 Å². The molecule has 0 atom stereocenters. The zero-order valence-corrected chi connectivity index (χ0v) is 9.79. The predicted octanol–water partition coefficient (Wildman–Crippen LogP) is 2.12. The third kappa shape index (κ3) is 4.06. The van der Waals surface area contributed by atoms with Crippen molar-refractivity contribution >= 4 is 11.6 Å². The molecule has 100 valence electrons. The Bertz CT molecular complexity index is 526. The maximum atomic E-state index is 11.9. The standard InChI is InChI=1S/C12H11F2N3O2/c13-12(14)19-10-4-2-9(3-5-10)16-11(18)8-17-7-1-6-15-17/h1-7,12H,8H2,(H,16,18). The average Bonchev–Trinajstić information content (AvgIpc) is 2.83. The number of aromatic nitrogens is 2. The molecule has 2 rings (SSSR count). The van der Waals surface area contributed by atoms with Gasteiger partial charge in [-0.15, -0.1) is 0 Å². The smallest absolute Gasteiger partial charge is 0.387 e. The van der Waals surface area contributed by atoms with E-state index in [1.54, 1.807) is 18.5 Å². The van der Waals surface area contributed by atoms with Crippen LogP contribution in [-0.4, -0.2) is 22.3 Å². The molecule has 5 nitrogen and oxygen atoms in total. The van der Waals surface area contributed by atoms with Crippen LogP contribution in [0.1, 0.15) is 0 Å². The van der Waals surface area contributed by atoms with E-state index in [9.17, 15) is 13.6 Å². The van der Waals surface area contributed by atoms with Gasteiger partial charge in [-0.05, 0) is 30.3 Å². The van der Waals surface area contributed by atoms with Crippen LogP contribution >= 0.6 is 0 Å². The minimum absolute atomic E-state index is 0.0417. The lowest BCUT2D eigenvalue weighted by Crippen LogP contribution is -2.18. The van der Waals surface area contributed by atoms with Gasteiger partial charge in [0.15, 0.2) is 0 Å². The van der Waals surface area contributed by atoms with E-state index in [4.69, 9.17) is 0 Å². The molecule has 0 fully saturated rings. The summed E-state index contributed by atoms with van der Waals surface area (Å²) >= 11 is 0. The molecule has 0 saturated heterocycles. The Kier molecular flexibility index (Phi) is 4.07. The Morgan fingerprint density at radius 1 is 1.37 bits per heavy atom. The highest BCUT2D eigenvalue weighted by Gasteiger charge is 2.06. The van der Waals surface area contributed by atoms with Crippen LogP contribution in [0.4, 0.5) is 14.5 Å². The molecule has 1 aromatic heterocycles. The fraction of sp³-hybridized carbons (Fsp3) is 0.167. The number of ether oxygens (including phenoxy) is 1. The minimum Gasteiger partial charge on any atom is -0.435 e. The zero-order chi connectivity index (χ0) is 13.7. The van der Waals surface area contributed by atoms with Gasteiger partial charge in [0.25, 0.3) is 0 Å². The molecular formula is C12H11F2N3O2. The number of nitrogens with one attached hydrogen (secondary N) is 1. The van der Waals surface area contributed by atoms with E-state index in [0.717, 1.165) is 0 Å². The summed E-state index contributed by atoms with van der Waals surface area (Å²) in [5.41, 5.74) is 0.499. The minimum atomic E-state index is -2.86. The summed E-state index contributed by atoms with van der Waals surface area (Å²) in [6, 6.07) is 7.40. The number of alkyl halides is 2. The molecule has 7 heteroatoms. The Balaban J connectivity index is 1.90. The van der Waals surface area contributed by atoms with Crippen LogP contribution in [-0.2, 0) is 11.3 Å².